The van der Waals surface area contributed by atoms with E-state index in [0.29, 0.717) is 5.92 Å². The number of aromatic nitrogens is 1. The van der Waals surface area contributed by atoms with Crippen molar-refractivity contribution in [3.63, 3.8) is 0 Å². The average Bonchev–Trinajstić information content (AvgIpc) is 3.20. The minimum atomic E-state index is 0.717. The third-order valence-electron chi connectivity index (χ3n) is 4.15. The Balaban J connectivity index is 1.68. The molecule has 1 aromatic heterocycles. The molecule has 0 atom stereocenters. The highest BCUT2D eigenvalue weighted by atomic mass is 32.1. The van der Waals surface area contributed by atoms with E-state index in [1.54, 1.807) is 0 Å². The summed E-state index contributed by atoms with van der Waals surface area (Å²) >= 11 is 1.94. The van der Waals surface area contributed by atoms with Gasteiger partial charge in [0.2, 0.25) is 0 Å². The molecule has 0 radical (unpaired) electrons. The Labute approximate surface area is 126 Å². The van der Waals surface area contributed by atoms with Gasteiger partial charge in [0, 0.05) is 30.4 Å². The second-order valence-electron chi connectivity index (χ2n) is 6.65. The third-order valence-corrected chi connectivity index (χ3v) is 5.28. The van der Waals surface area contributed by atoms with E-state index in [0.717, 1.165) is 19.0 Å². The average molecular weight is 293 g/mol. The van der Waals surface area contributed by atoms with Crippen LogP contribution in [0.4, 0.5) is 5.13 Å². The van der Waals surface area contributed by atoms with Crippen molar-refractivity contribution in [1.82, 2.24) is 10.3 Å². The van der Waals surface area contributed by atoms with Crippen molar-refractivity contribution in [1.29, 1.82) is 0 Å². The zero-order chi connectivity index (χ0) is 13.9. The highest BCUT2D eigenvalue weighted by Gasteiger charge is 2.30. The molecule has 0 amide bonds. The van der Waals surface area contributed by atoms with Gasteiger partial charge < -0.3 is 10.2 Å². The van der Waals surface area contributed by atoms with Crippen LogP contribution in [-0.2, 0) is 6.54 Å². The van der Waals surface area contributed by atoms with E-state index in [9.17, 15) is 0 Å². The summed E-state index contributed by atoms with van der Waals surface area (Å²) in [5, 5.41) is 4.88. The molecule has 3 rings (SSSR count). The molecular formula is C16H27N3S. The lowest BCUT2D eigenvalue weighted by Crippen LogP contribution is -2.29. The van der Waals surface area contributed by atoms with E-state index in [2.05, 4.69) is 24.1 Å². The number of piperidine rings is 1. The molecule has 20 heavy (non-hydrogen) atoms. The smallest absolute Gasteiger partial charge is 0.185 e. The summed E-state index contributed by atoms with van der Waals surface area (Å²) in [5.41, 5.74) is 1.41. The highest BCUT2D eigenvalue weighted by molar-refractivity contribution is 7.15. The summed E-state index contributed by atoms with van der Waals surface area (Å²) in [6, 6.07) is 0. The van der Waals surface area contributed by atoms with Gasteiger partial charge in [-0.3, -0.25) is 0 Å². The lowest BCUT2D eigenvalue weighted by molar-refractivity contribution is 0.553. The van der Waals surface area contributed by atoms with Gasteiger partial charge in [-0.05, 0) is 44.6 Å². The summed E-state index contributed by atoms with van der Waals surface area (Å²) in [7, 11) is 0. The van der Waals surface area contributed by atoms with Crippen molar-refractivity contribution in [2.24, 2.45) is 5.92 Å². The molecule has 1 aliphatic carbocycles. The molecule has 1 aromatic rings. The Kier molecular flexibility index (Phi) is 4.61. The fraction of sp³-hybridized carbons (Fsp3) is 0.812. The summed E-state index contributed by atoms with van der Waals surface area (Å²) in [5.74, 6) is 1.48. The number of rotatable bonds is 6. The second-order valence-corrected chi connectivity index (χ2v) is 7.71. The maximum atomic E-state index is 5.00. The fourth-order valence-electron chi connectivity index (χ4n) is 2.85. The Morgan fingerprint density at radius 3 is 2.65 bits per heavy atom. The Morgan fingerprint density at radius 1 is 1.25 bits per heavy atom. The number of nitrogens with one attached hydrogen (secondary N) is 1. The van der Waals surface area contributed by atoms with Crippen molar-refractivity contribution in [2.45, 2.75) is 58.4 Å². The first-order valence-corrected chi connectivity index (χ1v) is 9.01. The molecule has 112 valence electrons. The third kappa shape index (κ3) is 3.53. The molecule has 4 heteroatoms. The van der Waals surface area contributed by atoms with Crippen molar-refractivity contribution in [2.75, 3.05) is 24.5 Å². The van der Waals surface area contributed by atoms with Crippen molar-refractivity contribution in [3.05, 3.63) is 10.6 Å². The quantitative estimate of drug-likeness (QED) is 0.865. The standard InChI is InChI=1S/C16H27N3S/c1-12(2)10-17-11-14-15(13-6-7-13)18-16(20-14)19-8-4-3-5-9-19/h12-13,17H,3-11H2,1-2H3. The Hall–Kier alpha value is -0.610. The topological polar surface area (TPSA) is 28.2 Å². The van der Waals surface area contributed by atoms with Crippen molar-refractivity contribution >= 4 is 16.5 Å². The monoisotopic (exact) mass is 293 g/mol. The maximum absolute atomic E-state index is 5.00. The number of thiazole rings is 1. The number of hydrogen-bond donors (Lipinski definition) is 1. The van der Waals surface area contributed by atoms with Gasteiger partial charge in [0.15, 0.2) is 5.13 Å². The van der Waals surface area contributed by atoms with E-state index in [4.69, 9.17) is 4.98 Å². The zero-order valence-corrected chi connectivity index (χ0v) is 13.6. The number of anilines is 1. The van der Waals surface area contributed by atoms with Crippen molar-refractivity contribution in [3.8, 4) is 0 Å². The van der Waals surface area contributed by atoms with E-state index in [1.807, 2.05) is 11.3 Å². The van der Waals surface area contributed by atoms with E-state index < -0.39 is 0 Å². The first-order chi connectivity index (χ1) is 9.74. The summed E-state index contributed by atoms with van der Waals surface area (Å²) < 4.78 is 0. The molecule has 1 N–H and O–H groups in total. The molecule has 0 unspecified atom stereocenters. The molecule has 2 aliphatic rings. The molecule has 2 heterocycles. The van der Waals surface area contributed by atoms with Gasteiger partial charge in [-0.15, -0.1) is 11.3 Å². The van der Waals surface area contributed by atoms with Gasteiger partial charge in [0.05, 0.1) is 5.69 Å². The van der Waals surface area contributed by atoms with Gasteiger partial charge in [0.1, 0.15) is 0 Å². The van der Waals surface area contributed by atoms with Gasteiger partial charge >= 0.3 is 0 Å². The van der Waals surface area contributed by atoms with Crippen molar-refractivity contribution < 1.29 is 0 Å². The van der Waals surface area contributed by atoms with Gasteiger partial charge in [-0.1, -0.05) is 13.8 Å². The molecular weight excluding hydrogens is 266 g/mol. The molecule has 2 fully saturated rings. The molecule has 1 saturated heterocycles. The summed E-state index contributed by atoms with van der Waals surface area (Å²) in [4.78, 5) is 9.00. The second kappa shape index (κ2) is 6.44. The lowest BCUT2D eigenvalue weighted by Gasteiger charge is -2.25. The minimum Gasteiger partial charge on any atom is -0.348 e. The van der Waals surface area contributed by atoms with Crippen LogP contribution in [-0.4, -0.2) is 24.6 Å². The normalized spacial score (nSPS) is 19.9. The van der Waals surface area contributed by atoms with Crippen LogP contribution in [0.15, 0.2) is 0 Å². The minimum absolute atomic E-state index is 0.717. The predicted molar refractivity (Wildman–Crippen MR) is 86.7 cm³/mol. The molecule has 1 saturated carbocycles. The number of hydrogen-bond acceptors (Lipinski definition) is 4. The lowest BCUT2D eigenvalue weighted by atomic mass is 10.1. The van der Waals surface area contributed by atoms with E-state index in [-0.39, 0.29) is 0 Å². The predicted octanol–water partition coefficient (Wildman–Crippen LogP) is 3.76. The Bertz CT molecular complexity index is 431. The highest BCUT2D eigenvalue weighted by Crippen LogP contribution is 2.44. The largest absolute Gasteiger partial charge is 0.348 e. The summed E-state index contributed by atoms with van der Waals surface area (Å²) in [6.45, 7) is 9.05. The zero-order valence-electron chi connectivity index (χ0n) is 12.8. The Morgan fingerprint density at radius 2 is 2.00 bits per heavy atom. The van der Waals surface area contributed by atoms with Gasteiger partial charge in [-0.2, -0.15) is 0 Å². The molecule has 1 aliphatic heterocycles. The van der Waals surface area contributed by atoms with Crippen LogP contribution in [0.25, 0.3) is 0 Å². The van der Waals surface area contributed by atoms with Crippen LogP contribution in [0.5, 0.6) is 0 Å². The van der Waals surface area contributed by atoms with Gasteiger partial charge in [-0.25, -0.2) is 4.98 Å². The van der Waals surface area contributed by atoms with E-state index in [1.165, 1.54) is 60.9 Å². The molecule has 3 nitrogen and oxygen atoms in total. The van der Waals surface area contributed by atoms with Crippen LogP contribution in [0.2, 0.25) is 0 Å². The van der Waals surface area contributed by atoms with Crippen LogP contribution in [0.1, 0.15) is 62.4 Å². The van der Waals surface area contributed by atoms with Crippen LogP contribution in [0, 0.1) is 5.92 Å². The van der Waals surface area contributed by atoms with Crippen LogP contribution < -0.4 is 10.2 Å². The van der Waals surface area contributed by atoms with E-state index >= 15 is 0 Å². The number of nitrogens with zero attached hydrogens (tertiary/aromatic N) is 2. The first kappa shape index (κ1) is 14.3. The van der Waals surface area contributed by atoms with Crippen LogP contribution >= 0.6 is 11.3 Å². The molecule has 0 bridgehead atoms. The first-order valence-electron chi connectivity index (χ1n) is 8.19. The van der Waals surface area contributed by atoms with Gasteiger partial charge in [0.25, 0.3) is 0 Å². The fourth-order valence-corrected chi connectivity index (χ4v) is 4.02. The maximum Gasteiger partial charge on any atom is 0.185 e. The van der Waals surface area contributed by atoms with Crippen LogP contribution in [0.3, 0.4) is 0 Å². The molecule has 0 aromatic carbocycles. The summed E-state index contributed by atoms with van der Waals surface area (Å²) in [6.07, 6.45) is 6.75. The molecule has 0 spiro atoms. The SMILES string of the molecule is CC(C)CNCc1sc(N2CCCCC2)nc1C1CC1.